The van der Waals surface area contributed by atoms with Gasteiger partial charge in [0.1, 0.15) is 5.82 Å². The molecule has 1 saturated heterocycles. The van der Waals surface area contributed by atoms with Crippen molar-refractivity contribution < 1.29 is 4.79 Å². The lowest BCUT2D eigenvalue weighted by molar-refractivity contribution is -0.115. The molecule has 1 aliphatic heterocycles. The molecule has 5 heteroatoms. The Bertz CT molecular complexity index is 744. The monoisotopic (exact) mass is 356 g/mol. The molecule has 0 atom stereocenters. The Labute approximate surface area is 156 Å². The normalized spacial score (nSPS) is 16.3. The van der Waals surface area contributed by atoms with Gasteiger partial charge in [0.2, 0.25) is 5.91 Å². The summed E-state index contributed by atoms with van der Waals surface area (Å²) in [7, 11) is 0. The number of nitrogens with zero attached hydrogens (tertiary/aromatic N) is 3. The fourth-order valence-corrected chi connectivity index (χ4v) is 3.61. The summed E-state index contributed by atoms with van der Waals surface area (Å²) >= 11 is 0. The van der Waals surface area contributed by atoms with Gasteiger partial charge in [0, 0.05) is 18.7 Å². The maximum absolute atomic E-state index is 11.7. The molecule has 2 heterocycles. The number of benzene rings is 1. The van der Waals surface area contributed by atoms with E-state index in [1.165, 1.54) is 24.8 Å². The van der Waals surface area contributed by atoms with Gasteiger partial charge in [-0.1, -0.05) is 27.2 Å². The smallest absolute Gasteiger partial charge is 0.224 e. The highest BCUT2D eigenvalue weighted by Crippen LogP contribution is 2.24. The van der Waals surface area contributed by atoms with E-state index in [4.69, 9.17) is 4.98 Å². The van der Waals surface area contributed by atoms with E-state index in [1.54, 1.807) is 0 Å². The second kappa shape index (κ2) is 8.67. The summed E-state index contributed by atoms with van der Waals surface area (Å²) in [5.41, 5.74) is 2.99. The number of hydrogen-bond acceptors (Lipinski definition) is 3. The summed E-state index contributed by atoms with van der Waals surface area (Å²) < 4.78 is 2.38. The Morgan fingerprint density at radius 1 is 1.27 bits per heavy atom. The van der Waals surface area contributed by atoms with Crippen molar-refractivity contribution in [3.8, 4) is 0 Å². The average Bonchev–Trinajstić information content (AvgIpc) is 2.98. The summed E-state index contributed by atoms with van der Waals surface area (Å²) in [6, 6.07) is 6.10. The quantitative estimate of drug-likeness (QED) is 0.799. The van der Waals surface area contributed by atoms with Gasteiger partial charge in [0.25, 0.3) is 0 Å². The fourth-order valence-electron chi connectivity index (χ4n) is 3.61. The van der Waals surface area contributed by atoms with Gasteiger partial charge in [0.05, 0.1) is 17.6 Å². The van der Waals surface area contributed by atoms with Gasteiger partial charge < -0.3 is 9.88 Å². The highest BCUT2D eigenvalue weighted by Gasteiger charge is 2.19. The largest absolute Gasteiger partial charge is 0.327 e. The zero-order valence-corrected chi connectivity index (χ0v) is 16.4. The van der Waals surface area contributed by atoms with Crippen molar-refractivity contribution in [1.82, 2.24) is 14.5 Å². The first-order valence-electron chi connectivity index (χ1n) is 10.1. The molecular weight excluding hydrogens is 324 g/mol. The van der Waals surface area contributed by atoms with E-state index in [1.807, 2.05) is 19.1 Å². The van der Waals surface area contributed by atoms with Gasteiger partial charge in [-0.2, -0.15) is 0 Å². The molecule has 0 bridgehead atoms. The number of amides is 1. The summed E-state index contributed by atoms with van der Waals surface area (Å²) in [6.07, 6.45) is 5.38. The van der Waals surface area contributed by atoms with Crippen LogP contribution in [0.15, 0.2) is 18.2 Å². The number of nitrogens with one attached hydrogen (secondary N) is 1. The lowest BCUT2D eigenvalue weighted by Crippen LogP contribution is -2.33. The lowest BCUT2D eigenvalue weighted by atomic mass is 9.99. The van der Waals surface area contributed by atoms with Crippen LogP contribution in [0, 0.1) is 5.92 Å². The highest BCUT2D eigenvalue weighted by atomic mass is 16.1. The van der Waals surface area contributed by atoms with Crippen LogP contribution in [0.1, 0.15) is 58.7 Å². The van der Waals surface area contributed by atoms with Crippen LogP contribution in [0.4, 0.5) is 5.69 Å². The standard InChI is InChI=1S/C21H32N4O/c1-4-6-11-25-19-8-7-17(22-21(26)5-2)14-18(19)23-20(25)15-24-12-9-16(3)10-13-24/h7-8,14,16H,4-6,9-13,15H2,1-3H3,(H,22,26). The molecule has 26 heavy (non-hydrogen) atoms. The summed E-state index contributed by atoms with van der Waals surface area (Å²) in [5, 5.41) is 2.94. The van der Waals surface area contributed by atoms with Crippen LogP contribution >= 0.6 is 0 Å². The fraction of sp³-hybridized carbons (Fsp3) is 0.619. The first kappa shape index (κ1) is 18.9. The Kier molecular flexibility index (Phi) is 6.30. The molecule has 0 unspecified atom stereocenters. The predicted molar refractivity (Wildman–Crippen MR) is 107 cm³/mol. The van der Waals surface area contributed by atoms with Crippen LogP contribution in [-0.2, 0) is 17.9 Å². The number of likely N-dealkylation sites (tertiary alicyclic amines) is 1. The molecule has 142 valence electrons. The second-order valence-corrected chi connectivity index (χ2v) is 7.60. The van der Waals surface area contributed by atoms with E-state index < -0.39 is 0 Å². The number of aromatic nitrogens is 2. The van der Waals surface area contributed by atoms with Gasteiger partial charge in [0.15, 0.2) is 0 Å². The van der Waals surface area contributed by atoms with Crippen molar-refractivity contribution in [1.29, 1.82) is 0 Å². The van der Waals surface area contributed by atoms with E-state index in [0.717, 1.165) is 55.5 Å². The zero-order valence-electron chi connectivity index (χ0n) is 16.4. The van der Waals surface area contributed by atoms with Gasteiger partial charge >= 0.3 is 0 Å². The number of fused-ring (bicyclic) bond motifs is 1. The predicted octanol–water partition coefficient (Wildman–Crippen LogP) is 4.42. The minimum atomic E-state index is 0.0393. The third kappa shape index (κ3) is 4.44. The molecule has 0 radical (unpaired) electrons. The van der Waals surface area contributed by atoms with E-state index >= 15 is 0 Å². The molecular formula is C21H32N4O. The maximum Gasteiger partial charge on any atom is 0.224 e. The van der Waals surface area contributed by atoms with E-state index in [-0.39, 0.29) is 5.91 Å². The number of piperidine rings is 1. The molecule has 1 fully saturated rings. The molecule has 2 aromatic rings. The molecule has 5 nitrogen and oxygen atoms in total. The van der Waals surface area contributed by atoms with Crippen molar-refractivity contribution in [2.75, 3.05) is 18.4 Å². The van der Waals surface area contributed by atoms with Gasteiger partial charge in [-0.3, -0.25) is 9.69 Å². The minimum Gasteiger partial charge on any atom is -0.327 e. The summed E-state index contributed by atoms with van der Waals surface area (Å²) in [5.74, 6) is 2.04. The molecule has 0 spiro atoms. The molecule has 1 aromatic heterocycles. The summed E-state index contributed by atoms with van der Waals surface area (Å²) in [4.78, 5) is 19.2. The van der Waals surface area contributed by atoms with Gasteiger partial charge in [-0.05, 0) is 56.5 Å². The number of carbonyl (C=O) groups is 1. The second-order valence-electron chi connectivity index (χ2n) is 7.60. The number of imidazole rings is 1. The van der Waals surface area contributed by atoms with E-state index in [9.17, 15) is 4.79 Å². The van der Waals surface area contributed by atoms with Crippen LogP contribution < -0.4 is 5.32 Å². The zero-order chi connectivity index (χ0) is 18.5. The van der Waals surface area contributed by atoms with E-state index in [2.05, 4.69) is 34.7 Å². The number of aryl methyl sites for hydroxylation is 1. The molecule has 0 aliphatic carbocycles. The molecule has 1 amide bonds. The Balaban J connectivity index is 1.85. The van der Waals surface area contributed by atoms with Crippen LogP contribution in [0.5, 0.6) is 0 Å². The number of carbonyl (C=O) groups excluding carboxylic acids is 1. The number of unbranched alkanes of at least 4 members (excludes halogenated alkanes) is 1. The number of anilines is 1. The third-order valence-electron chi connectivity index (χ3n) is 5.41. The molecule has 1 aliphatic rings. The molecule has 0 saturated carbocycles. The Hall–Kier alpha value is -1.88. The van der Waals surface area contributed by atoms with Crippen molar-refractivity contribution in [3.05, 3.63) is 24.0 Å². The van der Waals surface area contributed by atoms with E-state index in [0.29, 0.717) is 6.42 Å². The first-order chi connectivity index (χ1) is 12.6. The topological polar surface area (TPSA) is 50.2 Å². The average molecular weight is 357 g/mol. The Morgan fingerprint density at radius 3 is 2.73 bits per heavy atom. The number of hydrogen-bond donors (Lipinski definition) is 1. The first-order valence-corrected chi connectivity index (χ1v) is 10.1. The van der Waals surface area contributed by atoms with Crippen LogP contribution in [0.25, 0.3) is 11.0 Å². The van der Waals surface area contributed by atoms with Crippen molar-refractivity contribution in [2.45, 2.75) is 66.0 Å². The highest BCUT2D eigenvalue weighted by molar-refractivity contribution is 5.92. The number of rotatable bonds is 7. The molecule has 1 N–H and O–H groups in total. The SMILES string of the molecule is CCCCn1c(CN2CCC(C)CC2)nc2cc(NC(=O)CC)ccc21. The van der Waals surface area contributed by atoms with Crippen LogP contribution in [-0.4, -0.2) is 33.4 Å². The maximum atomic E-state index is 11.7. The van der Waals surface area contributed by atoms with Gasteiger partial charge in [-0.25, -0.2) is 4.98 Å². The third-order valence-corrected chi connectivity index (χ3v) is 5.41. The molecule has 3 rings (SSSR count). The Morgan fingerprint density at radius 2 is 2.04 bits per heavy atom. The van der Waals surface area contributed by atoms with Crippen molar-refractivity contribution in [3.63, 3.8) is 0 Å². The van der Waals surface area contributed by atoms with Crippen LogP contribution in [0.3, 0.4) is 0 Å². The molecule has 1 aromatic carbocycles. The summed E-state index contributed by atoms with van der Waals surface area (Å²) in [6.45, 7) is 10.7. The van der Waals surface area contributed by atoms with Crippen LogP contribution in [0.2, 0.25) is 0 Å². The minimum absolute atomic E-state index is 0.0393. The van der Waals surface area contributed by atoms with Crippen molar-refractivity contribution >= 4 is 22.6 Å². The van der Waals surface area contributed by atoms with Crippen molar-refractivity contribution in [2.24, 2.45) is 5.92 Å². The van der Waals surface area contributed by atoms with Gasteiger partial charge in [-0.15, -0.1) is 0 Å². The lowest BCUT2D eigenvalue weighted by Gasteiger charge is -2.30.